The molecule has 0 saturated carbocycles. The van der Waals surface area contributed by atoms with Crippen LogP contribution >= 0.6 is 34.8 Å². The Morgan fingerprint density at radius 3 is 2.13 bits per heavy atom. The summed E-state index contributed by atoms with van der Waals surface area (Å²) < 4.78 is 31.6. The molecular weight excluding hydrogens is 475 g/mol. The van der Waals surface area contributed by atoms with E-state index in [1.165, 1.54) is 33.5 Å². The number of esters is 1. The highest BCUT2D eigenvalue weighted by atomic mass is 35.5. The summed E-state index contributed by atoms with van der Waals surface area (Å²) in [7, 11) is -3.62. The van der Waals surface area contributed by atoms with Gasteiger partial charge in [0, 0.05) is 26.2 Å². The second-order valence-electron chi connectivity index (χ2n) is 6.39. The van der Waals surface area contributed by atoms with Crippen molar-refractivity contribution in [3.05, 3.63) is 63.1 Å². The van der Waals surface area contributed by atoms with Crippen LogP contribution < -0.4 is 0 Å². The summed E-state index contributed by atoms with van der Waals surface area (Å²) in [6, 6.07) is 10.9. The molecule has 1 aliphatic rings. The number of sulfonamides is 1. The molecule has 0 N–H and O–H groups in total. The molecular formula is C19H17Cl3N2O5S. The van der Waals surface area contributed by atoms with Gasteiger partial charge in [-0.15, -0.1) is 0 Å². The fourth-order valence-electron chi connectivity index (χ4n) is 2.92. The molecule has 11 heteroatoms. The molecule has 30 heavy (non-hydrogen) atoms. The van der Waals surface area contributed by atoms with Crippen molar-refractivity contribution in [1.82, 2.24) is 9.21 Å². The lowest BCUT2D eigenvalue weighted by Gasteiger charge is -2.33. The van der Waals surface area contributed by atoms with Crippen LogP contribution in [0.3, 0.4) is 0 Å². The summed E-state index contributed by atoms with van der Waals surface area (Å²) in [5.41, 5.74) is -0.114. The SMILES string of the molecule is O=C(OCC(=O)N1CCN(S(=O)(=O)c2ccccc2)CC1)c1c(Cl)ccc(Cl)c1Cl. The third kappa shape index (κ3) is 4.90. The number of carbonyl (C=O) groups is 2. The Labute approximate surface area is 189 Å². The van der Waals surface area contributed by atoms with E-state index in [1.807, 2.05) is 0 Å². The number of benzene rings is 2. The fraction of sp³-hybridized carbons (Fsp3) is 0.263. The van der Waals surface area contributed by atoms with E-state index in [4.69, 9.17) is 39.5 Å². The summed E-state index contributed by atoms with van der Waals surface area (Å²) in [4.78, 5) is 26.3. The van der Waals surface area contributed by atoms with Crippen LogP contribution in [0.4, 0.5) is 0 Å². The maximum atomic E-state index is 12.6. The fourth-order valence-corrected chi connectivity index (χ4v) is 5.05. The Hall–Kier alpha value is -1.84. The van der Waals surface area contributed by atoms with Crippen molar-refractivity contribution in [3.8, 4) is 0 Å². The van der Waals surface area contributed by atoms with Crippen molar-refractivity contribution in [2.45, 2.75) is 4.90 Å². The van der Waals surface area contributed by atoms with E-state index in [0.29, 0.717) is 0 Å². The molecule has 0 aromatic heterocycles. The third-order valence-corrected chi connectivity index (χ3v) is 7.58. The summed E-state index contributed by atoms with van der Waals surface area (Å²) in [5, 5.41) is 0.137. The van der Waals surface area contributed by atoms with Crippen LogP contribution in [0.1, 0.15) is 10.4 Å². The highest BCUT2D eigenvalue weighted by molar-refractivity contribution is 7.89. The molecule has 0 atom stereocenters. The van der Waals surface area contributed by atoms with Gasteiger partial charge in [0.1, 0.15) is 0 Å². The zero-order chi connectivity index (χ0) is 21.9. The highest BCUT2D eigenvalue weighted by Gasteiger charge is 2.30. The number of ether oxygens (including phenoxy) is 1. The first-order valence-corrected chi connectivity index (χ1v) is 11.4. The van der Waals surface area contributed by atoms with Crippen LogP contribution in [0, 0.1) is 0 Å². The predicted molar refractivity (Wildman–Crippen MR) is 114 cm³/mol. The van der Waals surface area contributed by atoms with Gasteiger partial charge in [0.15, 0.2) is 6.61 Å². The van der Waals surface area contributed by atoms with E-state index in [9.17, 15) is 18.0 Å². The van der Waals surface area contributed by atoms with Crippen LogP contribution in [0.25, 0.3) is 0 Å². The topological polar surface area (TPSA) is 84.0 Å². The van der Waals surface area contributed by atoms with Gasteiger partial charge in [-0.05, 0) is 24.3 Å². The van der Waals surface area contributed by atoms with Crippen LogP contribution in [-0.4, -0.2) is 62.3 Å². The molecule has 1 saturated heterocycles. The molecule has 1 amide bonds. The van der Waals surface area contributed by atoms with E-state index < -0.39 is 28.5 Å². The maximum absolute atomic E-state index is 12.6. The minimum atomic E-state index is -3.62. The first-order chi connectivity index (χ1) is 14.2. The molecule has 2 aromatic carbocycles. The molecule has 0 unspecified atom stereocenters. The van der Waals surface area contributed by atoms with Gasteiger partial charge in [0.2, 0.25) is 10.0 Å². The number of rotatable bonds is 5. The Morgan fingerprint density at radius 1 is 0.900 bits per heavy atom. The largest absolute Gasteiger partial charge is 0.452 e. The molecule has 1 aliphatic heterocycles. The number of nitrogens with zero attached hydrogens (tertiary/aromatic N) is 2. The Balaban J connectivity index is 1.56. The zero-order valence-corrected chi connectivity index (χ0v) is 18.6. The summed E-state index contributed by atoms with van der Waals surface area (Å²) >= 11 is 17.8. The van der Waals surface area contributed by atoms with Gasteiger partial charge >= 0.3 is 5.97 Å². The van der Waals surface area contributed by atoms with Crippen molar-refractivity contribution < 1.29 is 22.7 Å². The summed E-state index contributed by atoms with van der Waals surface area (Å²) in [6.07, 6.45) is 0. The normalized spacial score (nSPS) is 15.1. The van der Waals surface area contributed by atoms with E-state index in [0.717, 1.165) is 0 Å². The van der Waals surface area contributed by atoms with Crippen LogP contribution in [-0.2, 0) is 19.6 Å². The lowest BCUT2D eigenvalue weighted by Crippen LogP contribution is -2.51. The van der Waals surface area contributed by atoms with Crippen molar-refractivity contribution in [2.24, 2.45) is 0 Å². The van der Waals surface area contributed by atoms with E-state index >= 15 is 0 Å². The quantitative estimate of drug-likeness (QED) is 0.473. The van der Waals surface area contributed by atoms with Crippen molar-refractivity contribution in [1.29, 1.82) is 0 Å². The highest BCUT2D eigenvalue weighted by Crippen LogP contribution is 2.31. The molecule has 0 aliphatic carbocycles. The van der Waals surface area contributed by atoms with Gasteiger partial charge < -0.3 is 9.64 Å². The predicted octanol–water partition coefficient (Wildman–Crippen LogP) is 3.34. The molecule has 0 radical (unpaired) electrons. The first-order valence-electron chi connectivity index (χ1n) is 8.85. The smallest absolute Gasteiger partial charge is 0.341 e. The molecule has 1 heterocycles. The minimum Gasteiger partial charge on any atom is -0.452 e. The lowest BCUT2D eigenvalue weighted by atomic mass is 10.2. The first kappa shape index (κ1) is 22.8. The van der Waals surface area contributed by atoms with Gasteiger partial charge in [0.05, 0.1) is 25.5 Å². The van der Waals surface area contributed by atoms with Gasteiger partial charge in [-0.2, -0.15) is 4.31 Å². The molecule has 160 valence electrons. The standard InChI is InChI=1S/C19H17Cl3N2O5S/c20-14-6-7-15(21)18(22)17(14)19(26)29-12-16(25)23-8-10-24(11-9-23)30(27,28)13-4-2-1-3-5-13/h1-7H,8-12H2. The monoisotopic (exact) mass is 490 g/mol. The van der Waals surface area contributed by atoms with Crippen molar-refractivity contribution in [2.75, 3.05) is 32.8 Å². The molecule has 7 nitrogen and oxygen atoms in total. The van der Waals surface area contributed by atoms with E-state index in [1.54, 1.807) is 18.2 Å². The van der Waals surface area contributed by atoms with Crippen LogP contribution in [0.15, 0.2) is 47.4 Å². The second-order valence-corrected chi connectivity index (χ2v) is 9.52. The number of hydrogen-bond acceptors (Lipinski definition) is 5. The van der Waals surface area contributed by atoms with Crippen molar-refractivity contribution in [3.63, 3.8) is 0 Å². The van der Waals surface area contributed by atoms with Gasteiger partial charge in [-0.3, -0.25) is 4.79 Å². The average molecular weight is 492 g/mol. The Morgan fingerprint density at radius 2 is 1.50 bits per heavy atom. The number of carbonyl (C=O) groups excluding carboxylic acids is 2. The molecule has 0 bridgehead atoms. The van der Waals surface area contributed by atoms with Crippen LogP contribution in [0.2, 0.25) is 15.1 Å². The Bertz CT molecular complexity index is 1060. The maximum Gasteiger partial charge on any atom is 0.341 e. The summed E-state index contributed by atoms with van der Waals surface area (Å²) in [5.74, 6) is -1.32. The van der Waals surface area contributed by atoms with E-state index in [2.05, 4.69) is 0 Å². The lowest BCUT2D eigenvalue weighted by molar-refractivity contribution is -0.135. The van der Waals surface area contributed by atoms with Crippen LogP contribution in [0.5, 0.6) is 0 Å². The third-order valence-electron chi connectivity index (χ3n) is 4.55. The molecule has 3 rings (SSSR count). The number of amides is 1. The molecule has 0 spiro atoms. The van der Waals surface area contributed by atoms with Crippen molar-refractivity contribution >= 4 is 56.7 Å². The van der Waals surface area contributed by atoms with Gasteiger partial charge in [0.25, 0.3) is 5.91 Å². The van der Waals surface area contributed by atoms with Gasteiger partial charge in [-0.1, -0.05) is 53.0 Å². The van der Waals surface area contributed by atoms with Gasteiger partial charge in [-0.25, -0.2) is 13.2 Å². The summed E-state index contributed by atoms with van der Waals surface area (Å²) in [6.45, 7) is 0.122. The van der Waals surface area contributed by atoms with E-state index in [-0.39, 0.29) is 51.7 Å². The molecule has 1 fully saturated rings. The second kappa shape index (κ2) is 9.53. The average Bonchev–Trinajstić information content (AvgIpc) is 2.75. The molecule has 2 aromatic rings. The number of piperazine rings is 1. The minimum absolute atomic E-state index is 0.0543. The Kier molecular flexibility index (Phi) is 7.26. The zero-order valence-electron chi connectivity index (χ0n) is 15.6. The number of halogens is 3. The number of hydrogen-bond donors (Lipinski definition) is 0.